The van der Waals surface area contributed by atoms with Gasteiger partial charge in [0.25, 0.3) is 5.91 Å². The van der Waals surface area contributed by atoms with Crippen molar-refractivity contribution < 1.29 is 9.53 Å². The number of benzene rings is 1. The first-order valence-electron chi connectivity index (χ1n) is 6.40. The van der Waals surface area contributed by atoms with E-state index in [1.165, 1.54) is 0 Å². The Kier molecular flexibility index (Phi) is 4.37. The van der Waals surface area contributed by atoms with E-state index < -0.39 is 0 Å². The SMILES string of the molecule is CCOc1ccc(C(=O)Nc2nn(C)cc2CN)cc1. The first kappa shape index (κ1) is 14.1. The van der Waals surface area contributed by atoms with E-state index in [1.54, 1.807) is 42.2 Å². The van der Waals surface area contributed by atoms with Gasteiger partial charge >= 0.3 is 0 Å². The molecule has 0 unspecified atom stereocenters. The van der Waals surface area contributed by atoms with Gasteiger partial charge in [0.1, 0.15) is 5.75 Å². The zero-order valence-corrected chi connectivity index (χ0v) is 11.6. The van der Waals surface area contributed by atoms with Gasteiger partial charge in [0.15, 0.2) is 5.82 Å². The summed E-state index contributed by atoms with van der Waals surface area (Å²) in [5, 5.41) is 6.93. The van der Waals surface area contributed by atoms with E-state index in [0.717, 1.165) is 11.3 Å². The summed E-state index contributed by atoms with van der Waals surface area (Å²) in [6, 6.07) is 6.96. The maximum absolute atomic E-state index is 12.1. The predicted molar refractivity (Wildman–Crippen MR) is 76.7 cm³/mol. The molecule has 106 valence electrons. The molecule has 0 radical (unpaired) electrons. The topological polar surface area (TPSA) is 82.2 Å². The Hall–Kier alpha value is -2.34. The van der Waals surface area contributed by atoms with Gasteiger partial charge in [-0.2, -0.15) is 5.10 Å². The molecule has 1 aromatic carbocycles. The molecule has 0 aliphatic heterocycles. The first-order chi connectivity index (χ1) is 9.63. The van der Waals surface area contributed by atoms with Crippen molar-refractivity contribution in [1.29, 1.82) is 0 Å². The maximum atomic E-state index is 12.1. The molecule has 0 aliphatic rings. The highest BCUT2D eigenvalue weighted by Gasteiger charge is 2.11. The number of aromatic nitrogens is 2. The summed E-state index contributed by atoms with van der Waals surface area (Å²) < 4.78 is 6.96. The molecule has 0 spiro atoms. The Morgan fingerprint density at radius 1 is 1.40 bits per heavy atom. The number of aryl methyl sites for hydroxylation is 1. The van der Waals surface area contributed by atoms with Crippen molar-refractivity contribution in [3.8, 4) is 5.75 Å². The molecule has 6 nitrogen and oxygen atoms in total. The molecule has 20 heavy (non-hydrogen) atoms. The van der Waals surface area contributed by atoms with Crippen LogP contribution in [0.25, 0.3) is 0 Å². The second-order valence-electron chi connectivity index (χ2n) is 4.29. The third kappa shape index (κ3) is 3.16. The lowest BCUT2D eigenvalue weighted by Gasteiger charge is -2.06. The summed E-state index contributed by atoms with van der Waals surface area (Å²) in [4.78, 5) is 12.1. The van der Waals surface area contributed by atoms with Gasteiger partial charge in [-0.1, -0.05) is 0 Å². The van der Waals surface area contributed by atoms with Crippen molar-refractivity contribution in [1.82, 2.24) is 9.78 Å². The quantitative estimate of drug-likeness (QED) is 0.866. The number of hydrogen-bond donors (Lipinski definition) is 2. The minimum Gasteiger partial charge on any atom is -0.494 e. The van der Waals surface area contributed by atoms with Crippen LogP contribution in [0, 0.1) is 0 Å². The molecule has 0 atom stereocenters. The van der Waals surface area contributed by atoms with E-state index in [-0.39, 0.29) is 5.91 Å². The van der Waals surface area contributed by atoms with E-state index in [9.17, 15) is 4.79 Å². The average molecular weight is 274 g/mol. The van der Waals surface area contributed by atoms with Gasteiger partial charge in [-0.15, -0.1) is 0 Å². The molecule has 2 aromatic rings. The molecule has 3 N–H and O–H groups in total. The summed E-state index contributed by atoms with van der Waals surface area (Å²) in [6.07, 6.45) is 1.79. The van der Waals surface area contributed by atoms with Crippen LogP contribution in [0.3, 0.4) is 0 Å². The van der Waals surface area contributed by atoms with Crippen molar-refractivity contribution in [2.45, 2.75) is 13.5 Å². The van der Waals surface area contributed by atoms with Crippen molar-refractivity contribution in [2.75, 3.05) is 11.9 Å². The van der Waals surface area contributed by atoms with Crippen LogP contribution < -0.4 is 15.8 Å². The Bertz CT molecular complexity index is 590. The largest absolute Gasteiger partial charge is 0.494 e. The molecule has 2 rings (SSSR count). The lowest BCUT2D eigenvalue weighted by molar-refractivity contribution is 0.102. The van der Waals surface area contributed by atoms with Gasteiger partial charge in [-0.25, -0.2) is 0 Å². The lowest BCUT2D eigenvalue weighted by atomic mass is 10.2. The number of rotatable bonds is 5. The third-order valence-electron chi connectivity index (χ3n) is 2.78. The zero-order valence-electron chi connectivity index (χ0n) is 11.6. The summed E-state index contributed by atoms with van der Waals surface area (Å²) in [5.41, 5.74) is 6.95. The van der Waals surface area contributed by atoms with E-state index in [2.05, 4.69) is 10.4 Å². The number of ether oxygens (including phenoxy) is 1. The molecule has 0 fully saturated rings. The smallest absolute Gasteiger partial charge is 0.256 e. The highest BCUT2D eigenvalue weighted by molar-refractivity contribution is 6.04. The van der Waals surface area contributed by atoms with Crippen molar-refractivity contribution in [2.24, 2.45) is 12.8 Å². The first-order valence-corrected chi connectivity index (χ1v) is 6.40. The van der Waals surface area contributed by atoms with E-state index in [1.807, 2.05) is 6.92 Å². The summed E-state index contributed by atoms with van der Waals surface area (Å²) in [5.74, 6) is 1.01. The van der Waals surface area contributed by atoms with Crippen LogP contribution in [0.15, 0.2) is 30.5 Å². The summed E-state index contributed by atoms with van der Waals surface area (Å²) in [6.45, 7) is 2.84. The molecule has 0 aliphatic carbocycles. The number of nitrogens with two attached hydrogens (primary N) is 1. The second-order valence-corrected chi connectivity index (χ2v) is 4.29. The molecule has 1 amide bonds. The minimum absolute atomic E-state index is 0.221. The van der Waals surface area contributed by atoms with Gasteiger partial charge in [-0.3, -0.25) is 9.48 Å². The minimum atomic E-state index is -0.221. The lowest BCUT2D eigenvalue weighted by Crippen LogP contribution is -2.14. The fourth-order valence-corrected chi connectivity index (χ4v) is 1.84. The highest BCUT2D eigenvalue weighted by Crippen LogP contribution is 2.15. The van der Waals surface area contributed by atoms with Gasteiger partial charge in [-0.05, 0) is 31.2 Å². The Morgan fingerprint density at radius 2 is 2.10 bits per heavy atom. The average Bonchev–Trinajstić information content (AvgIpc) is 2.80. The monoisotopic (exact) mass is 274 g/mol. The molecular formula is C14H18N4O2. The predicted octanol–water partition coefficient (Wildman–Crippen LogP) is 1.53. The number of nitrogens with zero attached hydrogens (tertiary/aromatic N) is 2. The zero-order chi connectivity index (χ0) is 14.5. The van der Waals surface area contributed by atoms with Crippen LogP contribution in [0.2, 0.25) is 0 Å². The van der Waals surface area contributed by atoms with Crippen LogP contribution in [0.4, 0.5) is 5.82 Å². The van der Waals surface area contributed by atoms with Crippen LogP contribution in [0.1, 0.15) is 22.8 Å². The molecule has 0 bridgehead atoms. The van der Waals surface area contributed by atoms with Crippen LogP contribution in [-0.2, 0) is 13.6 Å². The number of carbonyl (C=O) groups excluding carboxylic acids is 1. The van der Waals surface area contributed by atoms with Gasteiger partial charge in [0, 0.05) is 30.9 Å². The van der Waals surface area contributed by atoms with Crippen LogP contribution in [-0.4, -0.2) is 22.3 Å². The van der Waals surface area contributed by atoms with E-state index in [4.69, 9.17) is 10.5 Å². The van der Waals surface area contributed by atoms with Crippen LogP contribution in [0.5, 0.6) is 5.75 Å². The number of anilines is 1. The van der Waals surface area contributed by atoms with Crippen molar-refractivity contribution in [3.05, 3.63) is 41.6 Å². The van der Waals surface area contributed by atoms with Crippen molar-refractivity contribution >= 4 is 11.7 Å². The normalized spacial score (nSPS) is 10.3. The molecule has 0 saturated heterocycles. The Morgan fingerprint density at radius 3 is 2.70 bits per heavy atom. The van der Waals surface area contributed by atoms with E-state index >= 15 is 0 Å². The number of amides is 1. The fourth-order valence-electron chi connectivity index (χ4n) is 1.84. The third-order valence-corrected chi connectivity index (χ3v) is 2.78. The maximum Gasteiger partial charge on any atom is 0.256 e. The number of hydrogen-bond acceptors (Lipinski definition) is 4. The molecular weight excluding hydrogens is 256 g/mol. The van der Waals surface area contributed by atoms with Crippen molar-refractivity contribution in [3.63, 3.8) is 0 Å². The summed E-state index contributed by atoms with van der Waals surface area (Å²) in [7, 11) is 1.78. The van der Waals surface area contributed by atoms with Gasteiger partial charge < -0.3 is 15.8 Å². The summed E-state index contributed by atoms with van der Waals surface area (Å²) >= 11 is 0. The van der Waals surface area contributed by atoms with Crippen LogP contribution >= 0.6 is 0 Å². The number of nitrogens with one attached hydrogen (secondary N) is 1. The van der Waals surface area contributed by atoms with Gasteiger partial charge in [0.05, 0.1) is 6.61 Å². The fraction of sp³-hybridized carbons (Fsp3) is 0.286. The standard InChI is InChI=1S/C14H18N4O2/c1-3-20-12-6-4-10(5-7-12)14(19)16-13-11(8-15)9-18(2)17-13/h4-7,9H,3,8,15H2,1-2H3,(H,16,17,19). The molecule has 0 saturated carbocycles. The Balaban J connectivity index is 2.11. The van der Waals surface area contributed by atoms with Gasteiger partial charge in [0.2, 0.25) is 0 Å². The molecule has 1 aromatic heterocycles. The Labute approximate surface area is 117 Å². The molecule has 1 heterocycles. The van der Waals surface area contributed by atoms with E-state index in [0.29, 0.717) is 24.5 Å². The second kappa shape index (κ2) is 6.21. The number of carbonyl (C=O) groups is 1. The highest BCUT2D eigenvalue weighted by atomic mass is 16.5. The molecule has 6 heteroatoms.